The minimum atomic E-state index is -0.769. The van der Waals surface area contributed by atoms with Crippen molar-refractivity contribution < 1.29 is 23.7 Å². The highest BCUT2D eigenvalue weighted by Crippen LogP contribution is 2.33. The number of nitrogens with two attached hydrogens (primary N) is 1. The molecule has 0 radical (unpaired) electrons. The minimum absolute atomic E-state index is 0.0222. The van der Waals surface area contributed by atoms with Crippen molar-refractivity contribution >= 4 is 46.5 Å². The molecular formula is C22H18N4O6S. The molecule has 0 spiro atoms. The Balaban J connectivity index is 1.41. The molecule has 3 aromatic rings. The fourth-order valence-electron chi connectivity index (χ4n) is 3.51. The van der Waals surface area contributed by atoms with Crippen LogP contribution in [0.4, 0.5) is 17.1 Å². The van der Waals surface area contributed by atoms with Crippen molar-refractivity contribution in [2.24, 2.45) is 5.73 Å². The molecule has 1 aromatic heterocycles. The van der Waals surface area contributed by atoms with Crippen molar-refractivity contribution in [2.75, 3.05) is 22.5 Å². The number of rotatable bonds is 7. The number of carbonyl (C=O) groups is 3. The Morgan fingerprint density at radius 2 is 1.97 bits per heavy atom. The van der Waals surface area contributed by atoms with E-state index in [0.29, 0.717) is 24.2 Å². The van der Waals surface area contributed by atoms with Gasteiger partial charge in [0.25, 0.3) is 11.6 Å². The Kier molecular flexibility index (Phi) is 6.13. The number of nitro benzene ring substituents is 1. The number of carbonyl (C=O) groups excluding carboxylic acids is 3. The molecule has 3 N–H and O–H groups in total. The summed E-state index contributed by atoms with van der Waals surface area (Å²) in [5, 5.41) is 14.1. The second-order valence-corrected chi connectivity index (χ2v) is 8.22. The quantitative estimate of drug-likeness (QED) is 0.308. The van der Waals surface area contributed by atoms with Crippen molar-refractivity contribution in [3.8, 4) is 0 Å². The summed E-state index contributed by atoms with van der Waals surface area (Å²) in [4.78, 5) is 48.9. The van der Waals surface area contributed by atoms with Crippen LogP contribution in [0.25, 0.3) is 0 Å². The van der Waals surface area contributed by atoms with Gasteiger partial charge in [-0.1, -0.05) is 0 Å². The van der Waals surface area contributed by atoms with Gasteiger partial charge in [0, 0.05) is 29.5 Å². The summed E-state index contributed by atoms with van der Waals surface area (Å²) in [6.07, 6.45) is 3.50. The number of anilines is 2. The zero-order chi connectivity index (χ0) is 23.5. The van der Waals surface area contributed by atoms with E-state index >= 15 is 0 Å². The number of furan rings is 1. The highest BCUT2D eigenvalue weighted by molar-refractivity contribution is 8.00. The van der Waals surface area contributed by atoms with Crippen LogP contribution in [-0.2, 0) is 11.2 Å². The molecule has 0 bridgehead atoms. The Labute approximate surface area is 191 Å². The molecule has 0 saturated heterocycles. The maximum Gasteiger partial charge on any atom is 0.283 e. The largest absolute Gasteiger partial charge is 0.472 e. The molecule has 168 valence electrons. The lowest BCUT2D eigenvalue weighted by Crippen LogP contribution is -2.28. The van der Waals surface area contributed by atoms with E-state index in [1.807, 2.05) is 6.07 Å². The number of fused-ring (bicyclic) bond motifs is 1. The summed E-state index contributed by atoms with van der Waals surface area (Å²) >= 11 is 0.984. The molecule has 1 aliphatic heterocycles. The third-order valence-corrected chi connectivity index (χ3v) is 6.13. The lowest BCUT2D eigenvalue weighted by molar-refractivity contribution is -0.387. The maximum absolute atomic E-state index is 12.6. The molecule has 4 rings (SSSR count). The van der Waals surface area contributed by atoms with E-state index in [2.05, 4.69) is 5.32 Å². The Hall–Kier alpha value is -4.12. The van der Waals surface area contributed by atoms with Crippen LogP contribution < -0.4 is 16.0 Å². The van der Waals surface area contributed by atoms with Gasteiger partial charge in [0.1, 0.15) is 6.26 Å². The van der Waals surface area contributed by atoms with Gasteiger partial charge in [0.2, 0.25) is 11.8 Å². The number of thioether (sulfide) groups is 1. The summed E-state index contributed by atoms with van der Waals surface area (Å²) in [6, 6.07) is 10.8. The van der Waals surface area contributed by atoms with Crippen molar-refractivity contribution in [1.82, 2.24) is 0 Å². The van der Waals surface area contributed by atoms with E-state index < -0.39 is 10.8 Å². The van der Waals surface area contributed by atoms with Gasteiger partial charge in [0.15, 0.2) is 0 Å². The third-order valence-electron chi connectivity index (χ3n) is 5.07. The lowest BCUT2D eigenvalue weighted by atomic mass is 10.1. The first-order valence-electron chi connectivity index (χ1n) is 9.81. The number of primary amides is 1. The second kappa shape index (κ2) is 9.17. The van der Waals surface area contributed by atoms with Gasteiger partial charge in [0.05, 0.1) is 27.4 Å². The van der Waals surface area contributed by atoms with Crippen molar-refractivity contribution in [2.45, 2.75) is 11.3 Å². The van der Waals surface area contributed by atoms with E-state index in [-0.39, 0.29) is 33.7 Å². The first kappa shape index (κ1) is 22.1. The van der Waals surface area contributed by atoms with Gasteiger partial charge in [-0.2, -0.15) is 0 Å². The minimum Gasteiger partial charge on any atom is -0.472 e. The highest BCUT2D eigenvalue weighted by Gasteiger charge is 2.26. The molecule has 11 heteroatoms. The number of hydrogen-bond acceptors (Lipinski definition) is 7. The highest BCUT2D eigenvalue weighted by atomic mass is 32.2. The predicted octanol–water partition coefficient (Wildman–Crippen LogP) is 3.22. The van der Waals surface area contributed by atoms with Crippen LogP contribution in [-0.4, -0.2) is 34.9 Å². The van der Waals surface area contributed by atoms with Crippen molar-refractivity contribution in [1.29, 1.82) is 0 Å². The van der Waals surface area contributed by atoms with Crippen molar-refractivity contribution in [3.63, 3.8) is 0 Å². The molecular weight excluding hydrogens is 448 g/mol. The van der Waals surface area contributed by atoms with Crippen LogP contribution >= 0.6 is 11.8 Å². The fraction of sp³-hybridized carbons (Fsp3) is 0.136. The van der Waals surface area contributed by atoms with Crippen LogP contribution in [0, 0.1) is 10.1 Å². The number of nitrogens with one attached hydrogen (secondary N) is 1. The fourth-order valence-corrected chi connectivity index (χ4v) is 4.31. The molecule has 3 amide bonds. The van der Waals surface area contributed by atoms with Crippen molar-refractivity contribution in [3.05, 3.63) is 81.8 Å². The average Bonchev–Trinajstić information content (AvgIpc) is 3.47. The number of hydrogen-bond donors (Lipinski definition) is 2. The van der Waals surface area contributed by atoms with E-state index in [4.69, 9.17) is 10.2 Å². The SMILES string of the molecule is NC(=O)c1ccc(SCC(=O)Nc2ccc3c(c2)CCN3C(=O)c2ccoc2)c([N+](=O)[O-])c1. The molecule has 0 saturated carbocycles. The number of benzene rings is 2. The summed E-state index contributed by atoms with van der Waals surface area (Å²) in [5.41, 5.74) is 7.64. The average molecular weight is 466 g/mol. The summed E-state index contributed by atoms with van der Waals surface area (Å²) in [6.45, 7) is 0.525. The Morgan fingerprint density at radius 3 is 2.67 bits per heavy atom. The lowest BCUT2D eigenvalue weighted by Gasteiger charge is -2.16. The predicted molar refractivity (Wildman–Crippen MR) is 121 cm³/mol. The maximum atomic E-state index is 12.6. The van der Waals surface area contributed by atoms with E-state index in [1.54, 1.807) is 23.1 Å². The van der Waals surface area contributed by atoms with Gasteiger partial charge in [-0.15, -0.1) is 11.8 Å². The first-order valence-corrected chi connectivity index (χ1v) is 10.8. The molecule has 10 nitrogen and oxygen atoms in total. The van der Waals surface area contributed by atoms with Crippen LogP contribution in [0.5, 0.6) is 0 Å². The summed E-state index contributed by atoms with van der Waals surface area (Å²) in [7, 11) is 0. The van der Waals surface area contributed by atoms with E-state index in [0.717, 1.165) is 29.1 Å². The van der Waals surface area contributed by atoms with Crippen LogP contribution in [0.2, 0.25) is 0 Å². The first-order chi connectivity index (χ1) is 15.8. The Morgan fingerprint density at radius 1 is 1.15 bits per heavy atom. The summed E-state index contributed by atoms with van der Waals surface area (Å²) < 4.78 is 4.98. The van der Waals surface area contributed by atoms with Gasteiger partial charge in [-0.25, -0.2) is 0 Å². The molecule has 0 fully saturated rings. The molecule has 0 unspecified atom stereocenters. The topological polar surface area (TPSA) is 149 Å². The molecule has 2 heterocycles. The standard InChI is InChI=1S/C22H18N4O6S/c23-21(28)14-1-4-19(18(10-14)26(30)31)33-12-20(27)24-16-2-3-17-13(9-16)5-7-25(17)22(29)15-6-8-32-11-15/h1-4,6,8-11H,5,7,12H2,(H2,23,28)(H,24,27). The smallest absolute Gasteiger partial charge is 0.283 e. The van der Waals surface area contributed by atoms with E-state index in [1.165, 1.54) is 24.7 Å². The Bertz CT molecular complexity index is 1260. The number of amides is 3. The molecule has 0 atom stereocenters. The monoisotopic (exact) mass is 466 g/mol. The van der Waals surface area contributed by atoms with Gasteiger partial charge in [-0.05, 0) is 48.4 Å². The summed E-state index contributed by atoms with van der Waals surface area (Å²) in [5.74, 6) is -1.34. The molecule has 2 aromatic carbocycles. The molecule has 33 heavy (non-hydrogen) atoms. The van der Waals surface area contributed by atoms with Gasteiger partial charge in [-0.3, -0.25) is 24.5 Å². The van der Waals surface area contributed by atoms with Crippen LogP contribution in [0.3, 0.4) is 0 Å². The molecule has 0 aliphatic carbocycles. The van der Waals surface area contributed by atoms with Gasteiger partial charge >= 0.3 is 0 Å². The van der Waals surface area contributed by atoms with Crippen LogP contribution in [0.15, 0.2) is 64.3 Å². The number of nitro groups is 1. The zero-order valence-corrected chi connectivity index (χ0v) is 18.0. The normalized spacial score (nSPS) is 12.3. The number of nitrogens with zero attached hydrogens (tertiary/aromatic N) is 2. The van der Waals surface area contributed by atoms with E-state index in [9.17, 15) is 24.5 Å². The van der Waals surface area contributed by atoms with Crippen LogP contribution in [0.1, 0.15) is 26.3 Å². The third kappa shape index (κ3) is 4.72. The zero-order valence-electron chi connectivity index (χ0n) is 17.1. The second-order valence-electron chi connectivity index (χ2n) is 7.20. The van der Waals surface area contributed by atoms with Gasteiger partial charge < -0.3 is 20.4 Å². The molecule has 1 aliphatic rings.